The van der Waals surface area contributed by atoms with E-state index in [1.54, 1.807) is 0 Å². The van der Waals surface area contributed by atoms with Gasteiger partial charge in [-0.05, 0) is 6.07 Å². The number of ether oxygens (including phenoxy) is 2. The van der Waals surface area contributed by atoms with E-state index in [4.69, 9.17) is 18.5 Å². The molecule has 0 radical (unpaired) electrons. The van der Waals surface area contributed by atoms with Crippen molar-refractivity contribution in [2.24, 2.45) is 0 Å². The van der Waals surface area contributed by atoms with Gasteiger partial charge in [-0.2, -0.15) is 4.57 Å². The monoisotopic (exact) mass is 806 g/mol. The Balaban J connectivity index is 1.21. The molecule has 0 aromatic carbocycles. The molecular weight excluding hydrogens is 778 g/mol. The molecule has 5 rings (SSSR count). The van der Waals surface area contributed by atoms with Gasteiger partial charge in [-0.25, -0.2) is 9.36 Å². The van der Waals surface area contributed by atoms with Crippen molar-refractivity contribution < 1.29 is 90.4 Å². The molecule has 3 aromatic heterocycles. The van der Waals surface area contributed by atoms with Crippen molar-refractivity contribution in [3.63, 3.8) is 0 Å². The molecule has 48 heavy (non-hydrogen) atoms. The third-order valence-corrected chi connectivity index (χ3v) is 10.9. The number of phosphoric acid groups is 3. The molecule has 3 aromatic rings. The third-order valence-electron chi connectivity index (χ3n) is 6.94. The second kappa shape index (κ2) is 14.3. The van der Waals surface area contributed by atoms with Gasteiger partial charge in [0.2, 0.25) is 0 Å². The number of phosphoric ester groups is 3. The smallest absolute Gasteiger partial charge is 0.186 e. The van der Waals surface area contributed by atoms with Crippen LogP contribution in [-0.4, -0.2) is 132 Å². The van der Waals surface area contributed by atoms with Gasteiger partial charge in [0.1, 0.15) is 17.8 Å². The third kappa shape index (κ3) is 8.43. The molecular formula is C21H28AsN5O18P3+. The summed E-state index contributed by atoms with van der Waals surface area (Å²) >= 11 is 1.09. The van der Waals surface area contributed by atoms with Gasteiger partial charge >= 0.3 is 172 Å². The molecule has 0 saturated carbocycles. The van der Waals surface area contributed by atoms with Gasteiger partial charge in [0.05, 0.1) is 6.61 Å². The summed E-state index contributed by atoms with van der Waals surface area (Å²) in [4.78, 5) is 62.4. The van der Waals surface area contributed by atoms with Crippen LogP contribution < -0.4 is 9.05 Å². The second-order valence-electron chi connectivity index (χ2n) is 10.2. The maximum absolute atomic E-state index is 12.6. The summed E-state index contributed by atoms with van der Waals surface area (Å²) in [6.07, 6.45) is -8.31. The summed E-state index contributed by atoms with van der Waals surface area (Å²) in [7, 11) is -16.2. The van der Waals surface area contributed by atoms with Crippen LogP contribution in [0.15, 0.2) is 37.2 Å². The van der Waals surface area contributed by atoms with Crippen LogP contribution in [0.2, 0.25) is 0 Å². The van der Waals surface area contributed by atoms with Gasteiger partial charge in [0.25, 0.3) is 6.23 Å². The van der Waals surface area contributed by atoms with Crippen LogP contribution in [0, 0.1) is 0 Å². The second-order valence-corrected chi connectivity index (χ2v) is 15.6. The first-order valence-corrected chi connectivity index (χ1v) is 19.0. The Morgan fingerprint density at radius 3 is 2.23 bits per heavy atom. The topological polar surface area (TPSA) is 333 Å². The summed E-state index contributed by atoms with van der Waals surface area (Å²) in [5.74, 6) is -1.29. The maximum Gasteiger partial charge on any atom is 0.186 e. The molecule has 11 atom stereocenters. The largest absolute Gasteiger partial charge is 0.387 e. The van der Waals surface area contributed by atoms with Crippen LogP contribution >= 0.6 is 23.5 Å². The molecule has 2 fully saturated rings. The van der Waals surface area contributed by atoms with Crippen LogP contribution in [0.25, 0.3) is 11.2 Å². The normalized spacial score (nSPS) is 30.3. The van der Waals surface area contributed by atoms with Gasteiger partial charge in [-0.1, -0.05) is 0 Å². The Bertz CT molecular complexity index is 1810. The Morgan fingerprint density at radius 2 is 1.60 bits per heavy atom. The van der Waals surface area contributed by atoms with Crippen molar-refractivity contribution >= 4 is 61.9 Å². The first-order chi connectivity index (χ1) is 22.4. The van der Waals surface area contributed by atoms with Gasteiger partial charge in [0.15, 0.2) is 18.5 Å². The van der Waals surface area contributed by atoms with Crippen LogP contribution in [0.3, 0.4) is 0 Å². The average Bonchev–Trinajstić information content (AvgIpc) is 3.64. The fourth-order valence-electron chi connectivity index (χ4n) is 4.81. The van der Waals surface area contributed by atoms with E-state index >= 15 is 0 Å². The summed E-state index contributed by atoms with van der Waals surface area (Å²) in [5.41, 5.74) is 0.272. The molecule has 264 valence electrons. The molecule has 23 nitrogen and oxygen atoms in total. The minimum absolute atomic E-state index is 0.138. The van der Waals surface area contributed by atoms with Crippen LogP contribution in [-0.2, 0) is 41.1 Å². The number of hydrogen-bond acceptors (Lipinski definition) is 16. The quantitative estimate of drug-likeness (QED) is 0.0469. The number of carboxylic acid groups (broad SMARTS) is 1. The van der Waals surface area contributed by atoms with E-state index in [1.165, 1.54) is 35.6 Å². The van der Waals surface area contributed by atoms with Crippen molar-refractivity contribution in [2.45, 2.75) is 49.1 Å². The van der Waals surface area contributed by atoms with E-state index in [0.29, 0.717) is 10.00 Å². The number of pyridine rings is 1. The Labute approximate surface area is 276 Å². The number of nitrogens with zero attached hydrogens (tertiary/aromatic N) is 5. The molecule has 0 aliphatic carbocycles. The molecule has 2 aliphatic heterocycles. The molecule has 2 saturated heterocycles. The number of hydrogen-bond donors (Lipinski definition) is 8. The zero-order valence-electron chi connectivity index (χ0n) is 23.8. The van der Waals surface area contributed by atoms with Gasteiger partial charge in [0, 0.05) is 6.07 Å². The average molecular weight is 806 g/mol. The molecule has 0 bridgehead atoms. The predicted molar refractivity (Wildman–Crippen MR) is 152 cm³/mol. The number of aromatic nitrogens is 5. The van der Waals surface area contributed by atoms with Gasteiger partial charge in [-0.15, -0.1) is 0 Å². The van der Waals surface area contributed by atoms with E-state index in [0.717, 1.165) is 27.6 Å². The number of carboxylic acids is 1. The van der Waals surface area contributed by atoms with Gasteiger partial charge < -0.3 is 24.9 Å². The van der Waals surface area contributed by atoms with E-state index in [9.17, 15) is 58.5 Å². The van der Waals surface area contributed by atoms with Crippen molar-refractivity contribution in [3.05, 3.63) is 42.7 Å². The number of imidazole rings is 1. The van der Waals surface area contributed by atoms with Crippen molar-refractivity contribution in [1.29, 1.82) is 0 Å². The standard InChI is InChI=1S/C21H27AsN5O18P3/c22-17-12-18(24-7-23-17)27(8-25-12)20-16(44-46(33,34)35)14(29)11(43-20)6-41-48(38,39)45-47(36,37)40-5-10-13(28)15(30)19(42-10)26-3-1-2-9(4-26)21(31)32/h1-4,7-8,10-11,13-16,19-20,28-30H,5-6,22H2,(H4-,31,32,33,34,35,36,37,38,39)/p+1/t10-,11-,13-,14-,15-,16-,19-,20-/m1/s1. The Morgan fingerprint density at radius 1 is 0.958 bits per heavy atom. The maximum atomic E-state index is 12.6. The van der Waals surface area contributed by atoms with E-state index in [-0.39, 0.29) is 11.2 Å². The molecule has 0 amide bonds. The number of carbonyl (C=O) groups is 1. The number of aliphatic hydroxyl groups is 3. The molecule has 2 aliphatic rings. The minimum Gasteiger partial charge on any atom is -0.387 e. The van der Waals surface area contributed by atoms with E-state index in [2.05, 4.69) is 23.8 Å². The predicted octanol–water partition coefficient (Wildman–Crippen LogP) is -3.62. The number of rotatable bonds is 13. The van der Waals surface area contributed by atoms with E-state index in [1.807, 2.05) is 0 Å². The minimum atomic E-state index is -5.52. The van der Waals surface area contributed by atoms with Crippen LogP contribution in [0.5, 0.6) is 0 Å². The van der Waals surface area contributed by atoms with Crippen molar-refractivity contribution in [3.8, 4) is 0 Å². The SMILES string of the molecule is O=C(O)c1ccc[n+]([C@@H]2O[C@H](COP(=O)(O)OP(=O)(O)OC[C@H]3O[C@@H](n4cnc5c([AsH2])ncnc54)[C@H](OP(=O)(O)O)[C@@H]3O)[C@@H](O)[C@H]2O)c1. The summed E-state index contributed by atoms with van der Waals surface area (Å²) < 4.78 is 68.9. The molecule has 27 heteroatoms. The van der Waals surface area contributed by atoms with Crippen molar-refractivity contribution in [1.82, 2.24) is 19.5 Å². The number of fused-ring (bicyclic) bond motifs is 1. The van der Waals surface area contributed by atoms with E-state index < -0.39 is 91.7 Å². The number of aliphatic hydroxyl groups excluding tert-OH is 3. The molecule has 8 N–H and O–H groups in total. The zero-order chi connectivity index (χ0) is 35.2. The molecule has 0 spiro atoms. The first-order valence-electron chi connectivity index (χ1n) is 13.3. The summed E-state index contributed by atoms with van der Waals surface area (Å²) in [5, 5.41) is 40.7. The Hall–Kier alpha value is -2.10. The molecule has 5 heterocycles. The number of aromatic carboxylic acids is 1. The fourth-order valence-corrected chi connectivity index (χ4v) is 8.02. The zero-order valence-corrected chi connectivity index (χ0v) is 28.9. The van der Waals surface area contributed by atoms with Crippen LogP contribution in [0.1, 0.15) is 22.8 Å². The first kappa shape index (κ1) is 37.2. The Kier molecular flexibility index (Phi) is 11.0. The van der Waals surface area contributed by atoms with Crippen LogP contribution in [0.4, 0.5) is 0 Å². The summed E-state index contributed by atoms with van der Waals surface area (Å²) in [6.45, 7) is -2.03. The van der Waals surface area contributed by atoms with Gasteiger partial charge in [-0.3, -0.25) is 4.52 Å². The summed E-state index contributed by atoms with van der Waals surface area (Å²) in [6, 6.07) is 2.59. The molecule has 3 unspecified atom stereocenters. The van der Waals surface area contributed by atoms with Crippen molar-refractivity contribution in [2.75, 3.05) is 13.2 Å². The fraction of sp³-hybridized carbons (Fsp3) is 0.476.